The van der Waals surface area contributed by atoms with Crippen LogP contribution in [0.2, 0.25) is 0 Å². The summed E-state index contributed by atoms with van der Waals surface area (Å²) in [7, 11) is 0. The van der Waals surface area contributed by atoms with Crippen molar-refractivity contribution in [2.45, 2.75) is 87.0 Å². The Labute approximate surface area is 138 Å². The lowest BCUT2D eigenvalue weighted by molar-refractivity contribution is -0.127. The molecule has 0 aliphatic carbocycles. The Morgan fingerprint density at radius 3 is 1.73 bits per heavy atom. The molecule has 22 heavy (non-hydrogen) atoms. The van der Waals surface area contributed by atoms with Crippen LogP contribution in [0.15, 0.2) is 0 Å². The van der Waals surface area contributed by atoms with E-state index < -0.39 is 0 Å². The van der Waals surface area contributed by atoms with Crippen molar-refractivity contribution in [3.63, 3.8) is 0 Å². The minimum absolute atomic E-state index is 0.0481. The van der Waals surface area contributed by atoms with Gasteiger partial charge in [0.05, 0.1) is 0 Å². The van der Waals surface area contributed by atoms with E-state index in [-0.39, 0.29) is 11.7 Å². The van der Waals surface area contributed by atoms with Crippen LogP contribution in [-0.2, 0) is 9.59 Å². The van der Waals surface area contributed by atoms with Crippen LogP contribution in [0, 0.1) is 29.6 Å². The van der Waals surface area contributed by atoms with E-state index in [9.17, 15) is 9.59 Å². The van der Waals surface area contributed by atoms with Crippen molar-refractivity contribution in [3.05, 3.63) is 0 Å². The number of ketones is 2. The molecule has 0 spiro atoms. The van der Waals surface area contributed by atoms with E-state index in [1.54, 1.807) is 6.92 Å². The Balaban J connectivity index is 4.36. The van der Waals surface area contributed by atoms with Crippen LogP contribution in [0.1, 0.15) is 87.0 Å². The molecular weight excluding hydrogens is 272 g/mol. The molecule has 0 aliphatic heterocycles. The highest BCUT2D eigenvalue weighted by molar-refractivity contribution is 5.86. The molecule has 0 N–H and O–H groups in total. The number of Topliss-reactive ketones (excluding diaryl/α,β-unsaturated/α-hetero) is 2. The van der Waals surface area contributed by atoms with Gasteiger partial charge in [-0.3, -0.25) is 4.79 Å². The number of carbonyl (C=O) groups is 2. The minimum atomic E-state index is -0.0481. The smallest absolute Gasteiger partial charge is 0.136 e. The number of hydrogen-bond acceptors (Lipinski definition) is 2. The second-order valence-corrected chi connectivity index (χ2v) is 7.98. The fraction of sp³-hybridized carbons (Fsp3) is 0.900. The Hall–Kier alpha value is -0.660. The van der Waals surface area contributed by atoms with E-state index in [1.165, 1.54) is 0 Å². The van der Waals surface area contributed by atoms with Gasteiger partial charge in [-0.25, -0.2) is 0 Å². The van der Waals surface area contributed by atoms with Crippen molar-refractivity contribution in [1.29, 1.82) is 0 Å². The molecule has 0 saturated carbocycles. The molecule has 0 heterocycles. The summed E-state index contributed by atoms with van der Waals surface area (Å²) in [6, 6.07) is 0. The van der Waals surface area contributed by atoms with Gasteiger partial charge in [-0.1, -0.05) is 48.0 Å². The third-order valence-electron chi connectivity index (χ3n) is 5.32. The second kappa shape index (κ2) is 11.0. The van der Waals surface area contributed by atoms with Crippen LogP contribution in [-0.4, -0.2) is 11.6 Å². The molecule has 0 aliphatic rings. The highest BCUT2D eigenvalue weighted by atomic mass is 16.1. The largest absolute Gasteiger partial charge is 0.300 e. The molecule has 2 nitrogen and oxygen atoms in total. The highest BCUT2D eigenvalue weighted by Gasteiger charge is 2.21. The normalized spacial score (nSPS) is 15.9. The number of rotatable bonds is 12. The first-order valence-electron chi connectivity index (χ1n) is 9.17. The molecule has 0 bridgehead atoms. The van der Waals surface area contributed by atoms with Crippen LogP contribution >= 0.6 is 0 Å². The topological polar surface area (TPSA) is 34.1 Å². The van der Waals surface area contributed by atoms with Gasteiger partial charge in [0.15, 0.2) is 0 Å². The Bertz CT molecular complexity index is 331. The Morgan fingerprint density at radius 2 is 1.27 bits per heavy atom. The molecule has 0 radical (unpaired) electrons. The van der Waals surface area contributed by atoms with Crippen molar-refractivity contribution < 1.29 is 9.59 Å². The SMILES string of the molecule is CC(=O)CC(CCC(C)C(C)C)C(=O)CCCC(C)C(C)C. The van der Waals surface area contributed by atoms with Crippen LogP contribution in [0.3, 0.4) is 0 Å². The van der Waals surface area contributed by atoms with Gasteiger partial charge in [-0.15, -0.1) is 0 Å². The van der Waals surface area contributed by atoms with Crippen LogP contribution in [0.25, 0.3) is 0 Å². The van der Waals surface area contributed by atoms with E-state index in [0.29, 0.717) is 42.3 Å². The first-order valence-corrected chi connectivity index (χ1v) is 9.17. The molecule has 2 heteroatoms. The monoisotopic (exact) mass is 310 g/mol. The summed E-state index contributed by atoms with van der Waals surface area (Å²) in [5.74, 6) is 3.00. The summed E-state index contributed by atoms with van der Waals surface area (Å²) >= 11 is 0. The lowest BCUT2D eigenvalue weighted by Gasteiger charge is -2.20. The zero-order valence-corrected chi connectivity index (χ0v) is 15.9. The van der Waals surface area contributed by atoms with Crippen LogP contribution < -0.4 is 0 Å². The van der Waals surface area contributed by atoms with Gasteiger partial charge in [0.2, 0.25) is 0 Å². The van der Waals surface area contributed by atoms with Gasteiger partial charge < -0.3 is 4.79 Å². The average molecular weight is 311 g/mol. The molecule has 0 aromatic heterocycles. The number of hydrogen-bond donors (Lipinski definition) is 0. The van der Waals surface area contributed by atoms with Crippen molar-refractivity contribution in [1.82, 2.24) is 0 Å². The summed E-state index contributed by atoms with van der Waals surface area (Å²) in [5.41, 5.74) is 0. The highest BCUT2D eigenvalue weighted by Crippen LogP contribution is 2.24. The maximum absolute atomic E-state index is 12.5. The summed E-state index contributed by atoms with van der Waals surface area (Å²) in [6.45, 7) is 15.0. The molecule has 130 valence electrons. The lowest BCUT2D eigenvalue weighted by Crippen LogP contribution is -2.19. The van der Waals surface area contributed by atoms with Crippen molar-refractivity contribution in [2.75, 3.05) is 0 Å². The summed E-state index contributed by atoms with van der Waals surface area (Å²) in [5, 5.41) is 0. The molecule has 0 fully saturated rings. The quantitative estimate of drug-likeness (QED) is 0.464. The molecule has 3 unspecified atom stereocenters. The third kappa shape index (κ3) is 9.38. The Kier molecular flexibility index (Phi) is 10.6. The van der Waals surface area contributed by atoms with Gasteiger partial charge in [0.1, 0.15) is 11.6 Å². The van der Waals surface area contributed by atoms with E-state index >= 15 is 0 Å². The molecule has 0 amide bonds. The third-order valence-corrected chi connectivity index (χ3v) is 5.32. The Morgan fingerprint density at radius 1 is 0.773 bits per heavy atom. The summed E-state index contributed by atoms with van der Waals surface area (Å²) < 4.78 is 0. The fourth-order valence-corrected chi connectivity index (χ4v) is 2.66. The average Bonchev–Trinajstić information content (AvgIpc) is 2.41. The van der Waals surface area contributed by atoms with Gasteiger partial charge in [-0.05, 0) is 49.9 Å². The molecular formula is C20H38O2. The van der Waals surface area contributed by atoms with Crippen LogP contribution in [0.4, 0.5) is 0 Å². The molecule has 0 aromatic rings. The van der Waals surface area contributed by atoms with E-state index in [4.69, 9.17) is 0 Å². The standard InChI is InChI=1S/C20H38O2/c1-14(2)16(5)9-8-10-20(22)19(13-18(7)21)12-11-17(6)15(3)4/h14-17,19H,8-13H2,1-7H3. The minimum Gasteiger partial charge on any atom is -0.300 e. The van der Waals surface area contributed by atoms with Crippen LogP contribution in [0.5, 0.6) is 0 Å². The van der Waals surface area contributed by atoms with Crippen molar-refractivity contribution in [3.8, 4) is 0 Å². The molecule has 0 aromatic carbocycles. The van der Waals surface area contributed by atoms with Gasteiger partial charge in [0.25, 0.3) is 0 Å². The fourth-order valence-electron chi connectivity index (χ4n) is 2.66. The van der Waals surface area contributed by atoms with E-state index in [2.05, 4.69) is 41.5 Å². The summed E-state index contributed by atoms with van der Waals surface area (Å²) in [6.07, 6.45) is 5.07. The van der Waals surface area contributed by atoms with Gasteiger partial charge >= 0.3 is 0 Å². The maximum atomic E-state index is 12.5. The predicted molar refractivity (Wildman–Crippen MR) is 94.9 cm³/mol. The second-order valence-electron chi connectivity index (χ2n) is 7.98. The lowest BCUT2D eigenvalue weighted by atomic mass is 9.84. The first-order chi connectivity index (χ1) is 10.1. The zero-order valence-electron chi connectivity index (χ0n) is 15.9. The van der Waals surface area contributed by atoms with Gasteiger partial charge in [-0.2, -0.15) is 0 Å². The summed E-state index contributed by atoms with van der Waals surface area (Å²) in [4.78, 5) is 23.9. The predicted octanol–water partition coefficient (Wildman–Crippen LogP) is 5.69. The number of carbonyl (C=O) groups excluding carboxylic acids is 2. The van der Waals surface area contributed by atoms with E-state index in [1.807, 2.05) is 0 Å². The zero-order chi connectivity index (χ0) is 17.3. The van der Waals surface area contributed by atoms with Crippen molar-refractivity contribution in [2.24, 2.45) is 29.6 Å². The molecule has 0 rings (SSSR count). The van der Waals surface area contributed by atoms with Crippen molar-refractivity contribution >= 4 is 11.6 Å². The van der Waals surface area contributed by atoms with Gasteiger partial charge in [0, 0.05) is 18.8 Å². The maximum Gasteiger partial charge on any atom is 0.136 e. The van der Waals surface area contributed by atoms with E-state index in [0.717, 1.165) is 25.7 Å². The molecule has 3 atom stereocenters. The molecule has 0 saturated heterocycles. The first kappa shape index (κ1) is 21.3.